The first-order chi connectivity index (χ1) is 2.27. The van der Waals surface area contributed by atoms with Gasteiger partial charge in [0.2, 0.25) is 0 Å². The van der Waals surface area contributed by atoms with Crippen LogP contribution in [0, 0.1) is 0 Å². The molecule has 0 radical (unpaired) electrons. The van der Waals surface area contributed by atoms with E-state index in [4.69, 9.17) is 9.90 Å². The molecule has 0 saturated heterocycles. The second-order valence-corrected chi connectivity index (χ2v) is 0.523. The first kappa shape index (κ1) is 15.7. The van der Waals surface area contributed by atoms with Crippen LogP contribution in [0.2, 0.25) is 0 Å². The zero-order valence-corrected chi connectivity index (χ0v) is 5.96. The van der Waals surface area contributed by atoms with E-state index < -0.39 is 5.97 Å². The van der Waals surface area contributed by atoms with Gasteiger partial charge in [-0.2, -0.15) is 0 Å². The summed E-state index contributed by atoms with van der Waals surface area (Å²) in [6.07, 6.45) is 0.722. The topological polar surface area (TPSA) is 70.1 Å². The standard InChI is InChI=1S/C3H4O2.Ca.H2O/c1-2-3(4)5;;/h2H,1H2,(H,4,5);;1H2/q;+2;/p-2. The normalized spacial score (nSPS) is 4.57. The third-order valence-electron chi connectivity index (χ3n) is 0.167. The molecule has 3 nitrogen and oxygen atoms in total. The Labute approximate surface area is 71.3 Å². The molecule has 4 heteroatoms. The van der Waals surface area contributed by atoms with Gasteiger partial charge in [0.25, 0.3) is 0 Å². The number of rotatable bonds is 1. The van der Waals surface area contributed by atoms with Gasteiger partial charge >= 0.3 is 37.7 Å². The maximum atomic E-state index is 9.14. The van der Waals surface area contributed by atoms with Gasteiger partial charge in [0.1, 0.15) is 0 Å². The Balaban J connectivity index is -0.0000000800. The van der Waals surface area contributed by atoms with Crippen LogP contribution < -0.4 is 5.11 Å². The quantitative estimate of drug-likeness (QED) is 0.314. The maximum Gasteiger partial charge on any atom is 2.00 e. The molecule has 0 fully saturated rings. The molecule has 0 aliphatic heterocycles. The molecule has 0 aliphatic rings. The molecule has 0 aliphatic carbocycles. The molecule has 0 rings (SSSR count). The minimum Gasteiger partial charge on any atom is -0.870 e. The van der Waals surface area contributed by atoms with E-state index in [-0.39, 0.29) is 43.2 Å². The van der Waals surface area contributed by atoms with Gasteiger partial charge in [0, 0.05) is 0 Å². The van der Waals surface area contributed by atoms with E-state index in [9.17, 15) is 0 Å². The van der Waals surface area contributed by atoms with Crippen molar-refractivity contribution in [2.24, 2.45) is 0 Å². The molecule has 0 saturated carbocycles. The fraction of sp³-hybridized carbons (Fsp3) is 0. The molecule has 7 heavy (non-hydrogen) atoms. The molecule has 0 heterocycles. The van der Waals surface area contributed by atoms with Crippen LogP contribution in [0.25, 0.3) is 0 Å². The number of carbonyl (C=O) groups excluding carboxylic acids is 1. The largest absolute Gasteiger partial charge is 2.00 e. The van der Waals surface area contributed by atoms with E-state index in [1.54, 1.807) is 0 Å². The number of carbonyl (C=O) groups is 1. The molecule has 1 N–H and O–H groups in total. The van der Waals surface area contributed by atoms with E-state index in [1.165, 1.54) is 0 Å². The summed E-state index contributed by atoms with van der Waals surface area (Å²) in [4.78, 5) is 9.14. The van der Waals surface area contributed by atoms with Crippen LogP contribution in [-0.4, -0.2) is 49.2 Å². The van der Waals surface area contributed by atoms with Crippen molar-refractivity contribution in [3.63, 3.8) is 0 Å². The molecule has 0 aromatic rings. The summed E-state index contributed by atoms with van der Waals surface area (Å²) in [5.41, 5.74) is 0. The number of carboxylic acids is 1. The van der Waals surface area contributed by atoms with Crippen molar-refractivity contribution in [2.75, 3.05) is 0 Å². The van der Waals surface area contributed by atoms with Gasteiger partial charge in [-0.3, -0.25) is 0 Å². The maximum absolute atomic E-state index is 9.14. The van der Waals surface area contributed by atoms with Crippen molar-refractivity contribution in [2.45, 2.75) is 0 Å². The molecule has 0 unspecified atom stereocenters. The van der Waals surface area contributed by atoms with Crippen LogP contribution >= 0.6 is 0 Å². The van der Waals surface area contributed by atoms with Crippen LogP contribution in [0.1, 0.15) is 0 Å². The van der Waals surface area contributed by atoms with Crippen LogP contribution in [0.3, 0.4) is 0 Å². The monoisotopic (exact) mass is 128 g/mol. The molecular formula is C3H4CaO3. The van der Waals surface area contributed by atoms with E-state index in [0.29, 0.717) is 0 Å². The smallest absolute Gasteiger partial charge is 0.870 e. The minimum absolute atomic E-state index is 0. The van der Waals surface area contributed by atoms with Gasteiger partial charge in [-0.1, -0.05) is 6.58 Å². The fourth-order valence-corrected chi connectivity index (χ4v) is 0. The Kier molecular flexibility index (Phi) is 21.6. The predicted octanol–water partition coefficient (Wildman–Crippen LogP) is -1.64. The second kappa shape index (κ2) is 9.66. The van der Waals surface area contributed by atoms with Crippen LogP contribution in [-0.2, 0) is 4.79 Å². The molecule has 36 valence electrons. The average molecular weight is 128 g/mol. The number of carboxylic acid groups (broad SMARTS) is 1. The van der Waals surface area contributed by atoms with E-state index in [2.05, 4.69) is 6.58 Å². The Hall–Kier alpha value is 0.430. The SMILES string of the molecule is C=CC(=O)[O-].[Ca+2].[OH-]. The molecule has 0 aromatic heterocycles. The van der Waals surface area contributed by atoms with E-state index in [0.717, 1.165) is 6.08 Å². The zero-order chi connectivity index (χ0) is 4.28. The third kappa shape index (κ3) is 21.4. The summed E-state index contributed by atoms with van der Waals surface area (Å²) >= 11 is 0. The number of hydrogen-bond acceptors (Lipinski definition) is 3. The molecule has 0 spiro atoms. The van der Waals surface area contributed by atoms with Gasteiger partial charge < -0.3 is 15.4 Å². The van der Waals surface area contributed by atoms with E-state index in [1.807, 2.05) is 0 Å². The Morgan fingerprint density at radius 2 is 1.86 bits per heavy atom. The van der Waals surface area contributed by atoms with Crippen molar-refractivity contribution in [3.05, 3.63) is 12.7 Å². The number of hydrogen-bond donors (Lipinski definition) is 0. The van der Waals surface area contributed by atoms with Crippen molar-refractivity contribution in [1.82, 2.24) is 0 Å². The summed E-state index contributed by atoms with van der Waals surface area (Å²) in [6, 6.07) is 0. The summed E-state index contributed by atoms with van der Waals surface area (Å²) in [7, 11) is 0. The Morgan fingerprint density at radius 1 is 1.71 bits per heavy atom. The molecule has 0 bridgehead atoms. The van der Waals surface area contributed by atoms with Gasteiger partial charge in [-0.05, 0) is 6.08 Å². The molecular weight excluding hydrogens is 124 g/mol. The predicted molar refractivity (Wildman–Crippen MR) is 22.9 cm³/mol. The van der Waals surface area contributed by atoms with Gasteiger partial charge in [0.15, 0.2) is 0 Å². The van der Waals surface area contributed by atoms with Gasteiger partial charge in [-0.25, -0.2) is 0 Å². The zero-order valence-electron chi connectivity index (χ0n) is 3.76. The van der Waals surface area contributed by atoms with E-state index >= 15 is 0 Å². The van der Waals surface area contributed by atoms with Crippen molar-refractivity contribution < 1.29 is 15.4 Å². The third-order valence-corrected chi connectivity index (χ3v) is 0.167. The first-order valence-electron chi connectivity index (χ1n) is 1.11. The fourth-order valence-electron chi connectivity index (χ4n) is 0. The van der Waals surface area contributed by atoms with Crippen LogP contribution in [0.5, 0.6) is 0 Å². The summed E-state index contributed by atoms with van der Waals surface area (Å²) < 4.78 is 0. The van der Waals surface area contributed by atoms with Crippen molar-refractivity contribution in [1.29, 1.82) is 0 Å². The summed E-state index contributed by atoms with van der Waals surface area (Å²) in [6.45, 7) is 2.90. The van der Waals surface area contributed by atoms with Crippen LogP contribution in [0.4, 0.5) is 0 Å². The van der Waals surface area contributed by atoms with Crippen LogP contribution in [0.15, 0.2) is 12.7 Å². The Morgan fingerprint density at radius 3 is 1.86 bits per heavy atom. The average Bonchev–Trinajstić information content (AvgIpc) is 1.38. The Bertz CT molecular complexity index is 61.2. The number of aliphatic carboxylic acids is 1. The van der Waals surface area contributed by atoms with Crippen molar-refractivity contribution >= 4 is 43.7 Å². The molecule has 0 atom stereocenters. The molecule has 0 amide bonds. The molecule has 0 aromatic carbocycles. The summed E-state index contributed by atoms with van der Waals surface area (Å²) in [5, 5.41) is 9.14. The van der Waals surface area contributed by atoms with Gasteiger partial charge in [0.05, 0.1) is 5.97 Å². The second-order valence-electron chi connectivity index (χ2n) is 0.523. The van der Waals surface area contributed by atoms with Crippen molar-refractivity contribution in [3.8, 4) is 0 Å². The van der Waals surface area contributed by atoms with Gasteiger partial charge in [-0.15, -0.1) is 0 Å². The first-order valence-corrected chi connectivity index (χ1v) is 1.11. The minimum atomic E-state index is -1.23. The summed E-state index contributed by atoms with van der Waals surface area (Å²) in [5.74, 6) is -1.23.